The Bertz CT molecular complexity index is 545. The number of nitrogens with zero attached hydrogens (tertiary/aromatic N) is 3. The Balaban J connectivity index is 2.50. The number of fused-ring (bicyclic) bond motifs is 1. The number of methoxy groups -OCH3 is 1. The molecule has 0 aliphatic carbocycles. The van der Waals surface area contributed by atoms with Gasteiger partial charge in [-0.05, 0) is 32.4 Å². The summed E-state index contributed by atoms with van der Waals surface area (Å²) in [6, 6.07) is 1.98. The van der Waals surface area contributed by atoms with E-state index < -0.39 is 0 Å². The number of hydrogen-bond acceptors (Lipinski definition) is 4. The number of ether oxygens (including phenoxy) is 1. The third-order valence-corrected chi connectivity index (χ3v) is 2.84. The Labute approximate surface area is 101 Å². The highest BCUT2D eigenvalue weighted by Gasteiger charge is 2.21. The van der Waals surface area contributed by atoms with Crippen molar-refractivity contribution in [2.45, 2.75) is 32.9 Å². The Morgan fingerprint density at radius 1 is 1.47 bits per heavy atom. The molecule has 5 heteroatoms. The van der Waals surface area contributed by atoms with Crippen LogP contribution >= 0.6 is 0 Å². The van der Waals surface area contributed by atoms with Crippen LogP contribution in [0.5, 0.6) is 0 Å². The zero-order chi connectivity index (χ0) is 12.6. The normalized spacial score (nSPS) is 12.2. The summed E-state index contributed by atoms with van der Waals surface area (Å²) in [4.78, 5) is 8.70. The highest BCUT2D eigenvalue weighted by Crippen LogP contribution is 2.20. The minimum Gasteiger partial charge on any atom is -0.377 e. The summed E-state index contributed by atoms with van der Waals surface area (Å²) in [5, 5.41) is 0. The van der Waals surface area contributed by atoms with Crippen LogP contribution in [0.2, 0.25) is 0 Å². The van der Waals surface area contributed by atoms with E-state index in [1.54, 1.807) is 7.11 Å². The molecule has 0 spiro atoms. The van der Waals surface area contributed by atoms with Gasteiger partial charge in [0.15, 0.2) is 5.65 Å². The summed E-state index contributed by atoms with van der Waals surface area (Å²) in [5.74, 6) is 0.475. The molecule has 5 nitrogen and oxygen atoms in total. The molecule has 2 rings (SSSR count). The maximum atomic E-state index is 5.92. The fraction of sp³-hybridized carbons (Fsp3) is 0.500. The second-order valence-electron chi connectivity index (χ2n) is 4.88. The van der Waals surface area contributed by atoms with Crippen molar-refractivity contribution in [1.82, 2.24) is 14.5 Å². The largest absolute Gasteiger partial charge is 0.377 e. The van der Waals surface area contributed by atoms with Gasteiger partial charge in [0.25, 0.3) is 0 Å². The topological polar surface area (TPSA) is 66.0 Å². The van der Waals surface area contributed by atoms with Gasteiger partial charge in [-0.2, -0.15) is 0 Å². The molecule has 0 atom stereocenters. The molecule has 92 valence electrons. The third-order valence-electron chi connectivity index (χ3n) is 2.84. The Kier molecular flexibility index (Phi) is 2.79. The molecule has 2 N–H and O–H groups in total. The van der Waals surface area contributed by atoms with E-state index in [0.717, 1.165) is 16.7 Å². The Morgan fingerprint density at radius 3 is 2.82 bits per heavy atom. The average Bonchev–Trinajstić information content (AvgIpc) is 2.54. The molecule has 0 aromatic carbocycles. The summed E-state index contributed by atoms with van der Waals surface area (Å²) in [6.45, 7) is 6.63. The number of hydrogen-bond donors (Lipinski definition) is 1. The fourth-order valence-corrected chi connectivity index (χ4v) is 1.73. The van der Waals surface area contributed by atoms with Gasteiger partial charge in [0, 0.05) is 13.3 Å². The monoisotopic (exact) mass is 234 g/mol. The quantitative estimate of drug-likeness (QED) is 0.878. The molecule has 2 heterocycles. The van der Waals surface area contributed by atoms with Crippen molar-refractivity contribution >= 4 is 17.1 Å². The van der Waals surface area contributed by atoms with Crippen LogP contribution in [-0.2, 0) is 11.3 Å². The number of imidazole rings is 1. The van der Waals surface area contributed by atoms with E-state index >= 15 is 0 Å². The molecular formula is C12H18N4O. The standard InChI is InChI=1S/C12H18N4O/c1-8-5-9-10(14-6-8)16(11(13)15-9)7-12(2,3)17-4/h5-6H,7H2,1-4H3,(H2,13,15). The number of pyridine rings is 1. The molecule has 0 aliphatic rings. The van der Waals surface area contributed by atoms with Crippen molar-refractivity contribution in [3.8, 4) is 0 Å². The highest BCUT2D eigenvalue weighted by molar-refractivity contribution is 5.74. The summed E-state index contributed by atoms with van der Waals surface area (Å²) in [7, 11) is 1.69. The second kappa shape index (κ2) is 4.00. The first-order valence-corrected chi connectivity index (χ1v) is 5.56. The molecule has 0 saturated heterocycles. The molecule has 17 heavy (non-hydrogen) atoms. The fourth-order valence-electron chi connectivity index (χ4n) is 1.73. The first kappa shape index (κ1) is 11.9. The van der Waals surface area contributed by atoms with Crippen LogP contribution in [0.25, 0.3) is 11.2 Å². The smallest absolute Gasteiger partial charge is 0.202 e. The summed E-state index contributed by atoms with van der Waals surface area (Å²) in [6.07, 6.45) is 1.82. The molecule has 0 amide bonds. The van der Waals surface area contributed by atoms with Crippen molar-refractivity contribution in [3.05, 3.63) is 17.8 Å². The van der Waals surface area contributed by atoms with E-state index in [4.69, 9.17) is 10.5 Å². The van der Waals surface area contributed by atoms with Crippen molar-refractivity contribution in [2.24, 2.45) is 0 Å². The average molecular weight is 234 g/mol. The maximum Gasteiger partial charge on any atom is 0.202 e. The third kappa shape index (κ3) is 2.24. The highest BCUT2D eigenvalue weighted by atomic mass is 16.5. The molecule has 0 bridgehead atoms. The van der Waals surface area contributed by atoms with Gasteiger partial charge in [-0.25, -0.2) is 9.97 Å². The van der Waals surface area contributed by atoms with Gasteiger partial charge >= 0.3 is 0 Å². The lowest BCUT2D eigenvalue weighted by atomic mass is 10.1. The number of aryl methyl sites for hydroxylation is 1. The van der Waals surface area contributed by atoms with E-state index in [0.29, 0.717) is 12.5 Å². The van der Waals surface area contributed by atoms with E-state index in [-0.39, 0.29) is 5.60 Å². The molecule has 0 fully saturated rings. The number of nitrogens with two attached hydrogens (primary N) is 1. The molecule has 0 aliphatic heterocycles. The molecule has 0 unspecified atom stereocenters. The first-order valence-electron chi connectivity index (χ1n) is 5.56. The van der Waals surface area contributed by atoms with E-state index in [2.05, 4.69) is 9.97 Å². The first-order chi connectivity index (χ1) is 7.93. The number of anilines is 1. The van der Waals surface area contributed by atoms with Crippen molar-refractivity contribution in [2.75, 3.05) is 12.8 Å². The van der Waals surface area contributed by atoms with Gasteiger partial charge in [0.2, 0.25) is 5.95 Å². The summed E-state index contributed by atoms with van der Waals surface area (Å²) < 4.78 is 7.29. The molecule has 0 radical (unpaired) electrons. The van der Waals surface area contributed by atoms with E-state index in [1.165, 1.54) is 0 Å². The Hall–Kier alpha value is -1.62. The van der Waals surface area contributed by atoms with Gasteiger partial charge in [0.05, 0.1) is 12.1 Å². The van der Waals surface area contributed by atoms with Crippen molar-refractivity contribution < 1.29 is 4.74 Å². The van der Waals surface area contributed by atoms with Gasteiger partial charge in [0.1, 0.15) is 5.52 Å². The van der Waals surface area contributed by atoms with Gasteiger partial charge < -0.3 is 10.5 Å². The lowest BCUT2D eigenvalue weighted by Gasteiger charge is -2.23. The van der Waals surface area contributed by atoms with E-state index in [1.807, 2.05) is 37.6 Å². The van der Waals surface area contributed by atoms with Gasteiger partial charge in [-0.15, -0.1) is 0 Å². The van der Waals surface area contributed by atoms with Crippen molar-refractivity contribution in [3.63, 3.8) is 0 Å². The van der Waals surface area contributed by atoms with Crippen LogP contribution in [-0.4, -0.2) is 27.2 Å². The number of aromatic nitrogens is 3. The number of rotatable bonds is 3. The Morgan fingerprint density at radius 2 is 2.18 bits per heavy atom. The summed E-state index contributed by atoms with van der Waals surface area (Å²) in [5.41, 5.74) is 8.33. The lowest BCUT2D eigenvalue weighted by molar-refractivity contribution is 0.00936. The van der Waals surface area contributed by atoms with E-state index in [9.17, 15) is 0 Å². The second-order valence-corrected chi connectivity index (χ2v) is 4.88. The summed E-state index contributed by atoms with van der Waals surface area (Å²) >= 11 is 0. The SMILES string of the molecule is COC(C)(C)Cn1c(N)nc2cc(C)cnc21. The molecule has 2 aromatic heterocycles. The molecular weight excluding hydrogens is 216 g/mol. The van der Waals surface area contributed by atoms with Crippen molar-refractivity contribution in [1.29, 1.82) is 0 Å². The predicted molar refractivity (Wildman–Crippen MR) is 67.8 cm³/mol. The van der Waals surface area contributed by atoms with Crippen LogP contribution in [0.15, 0.2) is 12.3 Å². The minimum atomic E-state index is -0.297. The van der Waals surface area contributed by atoms with Crippen LogP contribution in [0.4, 0.5) is 5.95 Å². The number of nitrogen functional groups attached to an aromatic ring is 1. The predicted octanol–water partition coefficient (Wildman–Crippen LogP) is 1.75. The van der Waals surface area contributed by atoms with Crippen LogP contribution in [0.1, 0.15) is 19.4 Å². The van der Waals surface area contributed by atoms with Gasteiger partial charge in [-0.3, -0.25) is 4.57 Å². The lowest BCUT2D eigenvalue weighted by Crippen LogP contribution is -2.29. The zero-order valence-electron chi connectivity index (χ0n) is 10.7. The van der Waals surface area contributed by atoms with Crippen LogP contribution < -0.4 is 5.73 Å². The van der Waals surface area contributed by atoms with Gasteiger partial charge in [-0.1, -0.05) is 0 Å². The minimum absolute atomic E-state index is 0.297. The molecule has 0 saturated carbocycles. The van der Waals surface area contributed by atoms with Crippen LogP contribution in [0.3, 0.4) is 0 Å². The zero-order valence-corrected chi connectivity index (χ0v) is 10.7. The van der Waals surface area contributed by atoms with Crippen LogP contribution in [0, 0.1) is 6.92 Å². The molecule has 2 aromatic rings. The maximum absolute atomic E-state index is 5.92.